The molecule has 0 fully saturated rings. The van der Waals surface area contributed by atoms with Crippen LogP contribution in [-0.4, -0.2) is 31.9 Å². The van der Waals surface area contributed by atoms with Crippen LogP contribution < -0.4 is 15.8 Å². The fourth-order valence-corrected chi connectivity index (χ4v) is 1.92. The summed E-state index contributed by atoms with van der Waals surface area (Å²) in [5, 5.41) is 2.68. The van der Waals surface area contributed by atoms with E-state index in [9.17, 15) is 9.18 Å². The minimum absolute atomic E-state index is 0.170. The molecule has 0 aromatic heterocycles. The lowest BCUT2D eigenvalue weighted by Gasteiger charge is -2.30. The second-order valence-electron chi connectivity index (χ2n) is 6.47. The topological polar surface area (TPSA) is 73.6 Å². The van der Waals surface area contributed by atoms with E-state index in [0.29, 0.717) is 5.56 Å². The average molecular weight is 312 g/mol. The van der Waals surface area contributed by atoms with Crippen LogP contribution in [0.15, 0.2) is 18.2 Å². The molecule has 1 atom stereocenters. The standard InChI is InChI=1S/C16H25FN2O3/c1-15(2,3)22-14(20)19-10-16(4,9-18)11-6-7-13(21-5)12(17)8-11/h6-8H,9-10,18H2,1-5H3,(H,19,20). The molecule has 0 bridgehead atoms. The van der Waals surface area contributed by atoms with Gasteiger partial charge in [0.15, 0.2) is 11.6 Å². The van der Waals surface area contributed by atoms with Crippen molar-refractivity contribution in [2.75, 3.05) is 20.2 Å². The number of alkyl carbamates (subject to hydrolysis) is 1. The normalized spacial score (nSPS) is 14.1. The number of amides is 1. The molecule has 1 aromatic carbocycles. The van der Waals surface area contributed by atoms with Gasteiger partial charge in [0.1, 0.15) is 5.60 Å². The van der Waals surface area contributed by atoms with E-state index >= 15 is 0 Å². The number of nitrogens with two attached hydrogens (primary N) is 1. The van der Waals surface area contributed by atoms with E-state index in [0.717, 1.165) is 0 Å². The number of rotatable bonds is 5. The number of nitrogens with one attached hydrogen (secondary N) is 1. The highest BCUT2D eigenvalue weighted by molar-refractivity contribution is 5.67. The minimum atomic E-state index is -0.607. The number of hydrogen-bond acceptors (Lipinski definition) is 4. The molecule has 0 saturated heterocycles. The molecular weight excluding hydrogens is 287 g/mol. The molecule has 22 heavy (non-hydrogen) atoms. The summed E-state index contributed by atoms with van der Waals surface area (Å²) >= 11 is 0. The highest BCUT2D eigenvalue weighted by atomic mass is 19.1. The predicted molar refractivity (Wildman–Crippen MR) is 83.6 cm³/mol. The summed E-state index contributed by atoms with van der Waals surface area (Å²) in [6.45, 7) is 7.69. The summed E-state index contributed by atoms with van der Waals surface area (Å²) in [7, 11) is 1.41. The van der Waals surface area contributed by atoms with Crippen molar-refractivity contribution >= 4 is 6.09 Å². The van der Waals surface area contributed by atoms with Crippen molar-refractivity contribution in [1.82, 2.24) is 5.32 Å². The van der Waals surface area contributed by atoms with Gasteiger partial charge >= 0.3 is 6.09 Å². The fraction of sp³-hybridized carbons (Fsp3) is 0.562. The summed E-state index contributed by atoms with van der Waals surface area (Å²) in [5.41, 5.74) is 5.33. The molecule has 6 heteroatoms. The van der Waals surface area contributed by atoms with E-state index in [-0.39, 0.29) is 18.8 Å². The second kappa shape index (κ2) is 6.96. The maximum Gasteiger partial charge on any atom is 0.407 e. The molecule has 0 saturated carbocycles. The quantitative estimate of drug-likeness (QED) is 0.876. The fourth-order valence-electron chi connectivity index (χ4n) is 1.92. The molecule has 5 nitrogen and oxygen atoms in total. The Morgan fingerprint density at radius 1 is 1.32 bits per heavy atom. The Kier molecular flexibility index (Phi) is 5.77. The monoisotopic (exact) mass is 312 g/mol. The third-order valence-corrected chi connectivity index (χ3v) is 3.32. The van der Waals surface area contributed by atoms with Gasteiger partial charge in [0.2, 0.25) is 0 Å². The van der Waals surface area contributed by atoms with E-state index in [1.807, 2.05) is 6.92 Å². The van der Waals surface area contributed by atoms with Crippen LogP contribution in [0.3, 0.4) is 0 Å². The van der Waals surface area contributed by atoms with Crippen LogP contribution in [0.2, 0.25) is 0 Å². The number of carbonyl (C=O) groups excluding carboxylic acids is 1. The maximum atomic E-state index is 13.9. The summed E-state index contributed by atoms with van der Waals surface area (Å²) < 4.78 is 24.0. The lowest BCUT2D eigenvalue weighted by Crippen LogP contribution is -2.45. The number of methoxy groups -OCH3 is 1. The van der Waals surface area contributed by atoms with Crippen LogP contribution in [0.1, 0.15) is 33.3 Å². The van der Waals surface area contributed by atoms with Crippen molar-refractivity contribution in [3.05, 3.63) is 29.6 Å². The lowest BCUT2D eigenvalue weighted by atomic mass is 9.82. The van der Waals surface area contributed by atoms with Gasteiger partial charge < -0.3 is 20.5 Å². The second-order valence-corrected chi connectivity index (χ2v) is 6.47. The molecule has 0 aliphatic carbocycles. The molecule has 124 valence electrons. The Hall–Kier alpha value is -1.82. The van der Waals surface area contributed by atoms with Crippen LogP contribution >= 0.6 is 0 Å². The summed E-state index contributed by atoms with van der Waals surface area (Å²) in [4.78, 5) is 11.8. The number of hydrogen-bond donors (Lipinski definition) is 2. The third kappa shape index (κ3) is 4.87. The van der Waals surface area contributed by atoms with Gasteiger partial charge in [0, 0.05) is 18.5 Å². The number of halogens is 1. The minimum Gasteiger partial charge on any atom is -0.494 e. The lowest BCUT2D eigenvalue weighted by molar-refractivity contribution is 0.0516. The first-order chi connectivity index (χ1) is 10.1. The predicted octanol–water partition coefficient (Wildman–Crippen LogP) is 2.58. The van der Waals surface area contributed by atoms with E-state index in [4.69, 9.17) is 15.2 Å². The largest absolute Gasteiger partial charge is 0.494 e. The Morgan fingerprint density at radius 2 is 1.95 bits per heavy atom. The van der Waals surface area contributed by atoms with Gasteiger partial charge in [-0.05, 0) is 38.5 Å². The maximum absolute atomic E-state index is 13.9. The van der Waals surface area contributed by atoms with Crippen molar-refractivity contribution in [3.8, 4) is 5.75 Å². The molecular formula is C16H25FN2O3. The SMILES string of the molecule is COc1ccc(C(C)(CN)CNC(=O)OC(C)(C)C)cc1F. The van der Waals surface area contributed by atoms with Crippen molar-refractivity contribution < 1.29 is 18.7 Å². The first-order valence-electron chi connectivity index (χ1n) is 7.12. The highest BCUT2D eigenvalue weighted by Crippen LogP contribution is 2.27. The molecule has 1 unspecified atom stereocenters. The van der Waals surface area contributed by atoms with Gasteiger partial charge in [-0.3, -0.25) is 0 Å². The van der Waals surface area contributed by atoms with E-state index in [1.165, 1.54) is 13.2 Å². The average Bonchev–Trinajstić information content (AvgIpc) is 2.43. The summed E-state index contributed by atoms with van der Waals surface area (Å²) in [5.74, 6) is -0.292. The molecule has 1 rings (SSSR count). The molecule has 0 aliphatic rings. The van der Waals surface area contributed by atoms with Crippen LogP contribution in [-0.2, 0) is 10.2 Å². The number of carbonyl (C=O) groups is 1. The van der Waals surface area contributed by atoms with Crippen LogP contribution in [0, 0.1) is 5.82 Å². The molecule has 1 aromatic rings. The highest BCUT2D eigenvalue weighted by Gasteiger charge is 2.28. The van der Waals surface area contributed by atoms with E-state index in [1.54, 1.807) is 32.9 Å². The van der Waals surface area contributed by atoms with Crippen LogP contribution in [0.5, 0.6) is 5.75 Å². The van der Waals surface area contributed by atoms with Gasteiger partial charge in [-0.1, -0.05) is 13.0 Å². The zero-order chi connectivity index (χ0) is 17.0. The Balaban J connectivity index is 2.84. The number of ether oxygens (including phenoxy) is 2. The Bertz CT molecular complexity index is 529. The van der Waals surface area contributed by atoms with Gasteiger partial charge in [0.25, 0.3) is 0 Å². The van der Waals surface area contributed by atoms with Crippen molar-refractivity contribution in [1.29, 1.82) is 0 Å². The first-order valence-corrected chi connectivity index (χ1v) is 7.12. The first kappa shape index (κ1) is 18.2. The van der Waals surface area contributed by atoms with Crippen LogP contribution in [0.4, 0.5) is 9.18 Å². The zero-order valence-electron chi connectivity index (χ0n) is 13.8. The smallest absolute Gasteiger partial charge is 0.407 e. The Labute approximate surface area is 131 Å². The number of benzene rings is 1. The van der Waals surface area contributed by atoms with Crippen molar-refractivity contribution in [2.45, 2.75) is 38.7 Å². The molecule has 1 amide bonds. The zero-order valence-corrected chi connectivity index (χ0v) is 13.8. The van der Waals surface area contributed by atoms with Gasteiger partial charge in [-0.15, -0.1) is 0 Å². The van der Waals surface area contributed by atoms with Crippen molar-refractivity contribution in [2.24, 2.45) is 5.73 Å². The van der Waals surface area contributed by atoms with E-state index < -0.39 is 22.9 Å². The van der Waals surface area contributed by atoms with E-state index in [2.05, 4.69) is 5.32 Å². The molecule has 0 aliphatic heterocycles. The molecule has 0 spiro atoms. The van der Waals surface area contributed by atoms with Gasteiger partial charge in [0.05, 0.1) is 7.11 Å². The molecule has 0 radical (unpaired) electrons. The Morgan fingerprint density at radius 3 is 2.41 bits per heavy atom. The van der Waals surface area contributed by atoms with Gasteiger partial charge in [-0.2, -0.15) is 0 Å². The van der Waals surface area contributed by atoms with Crippen molar-refractivity contribution in [3.63, 3.8) is 0 Å². The third-order valence-electron chi connectivity index (χ3n) is 3.32. The molecule has 0 heterocycles. The molecule has 3 N–H and O–H groups in total. The summed E-state index contributed by atoms with van der Waals surface area (Å²) in [6.07, 6.45) is -0.527. The van der Waals surface area contributed by atoms with Gasteiger partial charge in [-0.25, -0.2) is 9.18 Å². The summed E-state index contributed by atoms with van der Waals surface area (Å²) in [6, 6.07) is 4.67. The van der Waals surface area contributed by atoms with Crippen LogP contribution in [0.25, 0.3) is 0 Å².